The van der Waals surface area contributed by atoms with Gasteiger partial charge in [0.25, 0.3) is 0 Å². The van der Waals surface area contributed by atoms with Gasteiger partial charge in [-0.25, -0.2) is 8.78 Å². The van der Waals surface area contributed by atoms with Gasteiger partial charge in [0.1, 0.15) is 11.6 Å². The third-order valence-corrected chi connectivity index (χ3v) is 5.47. The molecule has 1 fully saturated rings. The van der Waals surface area contributed by atoms with E-state index >= 15 is 0 Å². The van der Waals surface area contributed by atoms with E-state index < -0.39 is 11.6 Å². The monoisotopic (exact) mass is 404 g/mol. The zero-order valence-electron chi connectivity index (χ0n) is 16.9. The molecular formula is C24H27F3O2. The first-order valence-electron chi connectivity index (χ1n) is 10.2. The molecular weight excluding hydrogens is 377 g/mol. The Morgan fingerprint density at radius 3 is 2.38 bits per heavy atom. The second kappa shape index (κ2) is 9.86. The molecule has 0 N–H and O–H groups in total. The van der Waals surface area contributed by atoms with Crippen molar-refractivity contribution in [3.05, 3.63) is 65.0 Å². The molecule has 1 aliphatic carbocycles. The lowest BCUT2D eigenvalue weighted by Gasteiger charge is -2.29. The predicted octanol–water partition coefficient (Wildman–Crippen LogP) is 6.89. The average Bonchev–Trinajstić information content (AvgIpc) is 2.73. The van der Waals surface area contributed by atoms with Gasteiger partial charge in [0.2, 0.25) is 5.82 Å². The quantitative estimate of drug-likeness (QED) is 0.500. The van der Waals surface area contributed by atoms with Crippen molar-refractivity contribution in [1.82, 2.24) is 0 Å². The number of ether oxygens (including phenoxy) is 2. The summed E-state index contributed by atoms with van der Waals surface area (Å²) in [7, 11) is 0. The number of rotatable bonds is 7. The van der Waals surface area contributed by atoms with Gasteiger partial charge in [-0.05, 0) is 75.1 Å². The first-order valence-corrected chi connectivity index (χ1v) is 10.2. The van der Waals surface area contributed by atoms with E-state index in [2.05, 4.69) is 0 Å². The van der Waals surface area contributed by atoms with Gasteiger partial charge in [0, 0.05) is 11.6 Å². The van der Waals surface area contributed by atoms with E-state index in [-0.39, 0.29) is 17.5 Å². The van der Waals surface area contributed by atoms with Gasteiger partial charge >= 0.3 is 0 Å². The van der Waals surface area contributed by atoms with Crippen LogP contribution in [-0.2, 0) is 0 Å². The molecule has 0 unspecified atom stereocenters. The summed E-state index contributed by atoms with van der Waals surface area (Å²) in [6.07, 6.45) is 6.76. The van der Waals surface area contributed by atoms with Gasteiger partial charge in [0.05, 0.1) is 13.2 Å². The fourth-order valence-electron chi connectivity index (χ4n) is 3.90. The van der Waals surface area contributed by atoms with Crippen molar-refractivity contribution in [2.75, 3.05) is 13.2 Å². The van der Waals surface area contributed by atoms with Crippen molar-refractivity contribution in [3.63, 3.8) is 0 Å². The van der Waals surface area contributed by atoms with Crippen LogP contribution in [0, 0.1) is 23.4 Å². The molecule has 3 rings (SSSR count). The minimum Gasteiger partial charge on any atom is -0.493 e. The molecule has 0 aliphatic heterocycles. The highest BCUT2D eigenvalue weighted by atomic mass is 19.2. The molecule has 2 nitrogen and oxygen atoms in total. The largest absolute Gasteiger partial charge is 0.493 e. The number of hydrogen-bond donors (Lipinski definition) is 0. The first kappa shape index (κ1) is 21.3. The summed E-state index contributed by atoms with van der Waals surface area (Å²) in [4.78, 5) is 0. The lowest BCUT2D eigenvalue weighted by Crippen LogP contribution is -2.20. The predicted molar refractivity (Wildman–Crippen MR) is 109 cm³/mol. The SMILES string of the molecule is C/C=C/c1ccc(OCC2CCC(c3ccc(OCC)c(F)c3F)CC2)cc1F. The molecule has 2 aromatic rings. The third-order valence-electron chi connectivity index (χ3n) is 5.47. The molecule has 29 heavy (non-hydrogen) atoms. The van der Waals surface area contributed by atoms with Crippen molar-refractivity contribution in [2.45, 2.75) is 45.4 Å². The standard InChI is InChI=1S/C24H27F3O2/c1-3-5-18-10-11-19(14-21(18)25)29-15-16-6-8-17(9-7-16)20-12-13-22(28-4-2)24(27)23(20)26/h3,5,10-14,16-17H,4,6-9,15H2,1-2H3/b5-3+. The van der Waals surface area contributed by atoms with E-state index in [0.29, 0.717) is 36.0 Å². The summed E-state index contributed by atoms with van der Waals surface area (Å²) < 4.78 is 53.5. The highest BCUT2D eigenvalue weighted by Gasteiger charge is 2.27. The lowest BCUT2D eigenvalue weighted by molar-refractivity contribution is 0.198. The van der Waals surface area contributed by atoms with Crippen LogP contribution in [0.4, 0.5) is 13.2 Å². The maximum atomic E-state index is 14.4. The molecule has 0 atom stereocenters. The van der Waals surface area contributed by atoms with Crippen molar-refractivity contribution in [1.29, 1.82) is 0 Å². The molecule has 156 valence electrons. The molecule has 1 saturated carbocycles. The highest BCUT2D eigenvalue weighted by molar-refractivity contribution is 5.51. The van der Waals surface area contributed by atoms with E-state index in [1.165, 1.54) is 12.1 Å². The maximum absolute atomic E-state index is 14.4. The van der Waals surface area contributed by atoms with Gasteiger partial charge < -0.3 is 9.47 Å². The Balaban J connectivity index is 1.54. The topological polar surface area (TPSA) is 18.5 Å². The Kier molecular flexibility index (Phi) is 7.24. The molecule has 0 saturated heterocycles. The summed E-state index contributed by atoms with van der Waals surface area (Å²) in [6.45, 7) is 4.37. The van der Waals surface area contributed by atoms with E-state index in [0.717, 1.165) is 25.7 Å². The molecule has 0 amide bonds. The van der Waals surface area contributed by atoms with Crippen molar-refractivity contribution >= 4 is 6.08 Å². The van der Waals surface area contributed by atoms with Crippen molar-refractivity contribution in [2.24, 2.45) is 5.92 Å². The minimum atomic E-state index is -0.904. The zero-order valence-corrected chi connectivity index (χ0v) is 16.9. The van der Waals surface area contributed by atoms with Gasteiger partial charge in [-0.2, -0.15) is 4.39 Å². The van der Waals surface area contributed by atoms with Gasteiger partial charge in [-0.15, -0.1) is 0 Å². The smallest absolute Gasteiger partial charge is 0.200 e. The fraction of sp³-hybridized carbons (Fsp3) is 0.417. The summed E-state index contributed by atoms with van der Waals surface area (Å²) in [5.41, 5.74) is 0.955. The molecule has 5 heteroatoms. The number of hydrogen-bond acceptors (Lipinski definition) is 2. The first-order chi connectivity index (χ1) is 14.0. The minimum absolute atomic E-state index is 0.00557. The molecule has 1 aliphatic rings. The van der Waals surface area contributed by atoms with Gasteiger partial charge in [-0.3, -0.25) is 0 Å². The number of benzene rings is 2. The van der Waals surface area contributed by atoms with Crippen LogP contribution < -0.4 is 9.47 Å². The van der Waals surface area contributed by atoms with Crippen LogP contribution in [-0.4, -0.2) is 13.2 Å². The number of allylic oxidation sites excluding steroid dienone is 1. The molecule has 0 spiro atoms. The van der Waals surface area contributed by atoms with Crippen LogP contribution >= 0.6 is 0 Å². The molecule has 0 bridgehead atoms. The molecule has 0 radical (unpaired) electrons. The van der Waals surface area contributed by atoms with Crippen LogP contribution in [0.2, 0.25) is 0 Å². The Morgan fingerprint density at radius 2 is 1.72 bits per heavy atom. The van der Waals surface area contributed by atoms with Crippen LogP contribution in [0.25, 0.3) is 6.08 Å². The van der Waals surface area contributed by atoms with Crippen LogP contribution in [0.5, 0.6) is 11.5 Å². The Morgan fingerprint density at radius 1 is 0.966 bits per heavy atom. The van der Waals surface area contributed by atoms with Gasteiger partial charge in [-0.1, -0.05) is 18.2 Å². The second-order valence-corrected chi connectivity index (χ2v) is 7.43. The van der Waals surface area contributed by atoms with E-state index in [9.17, 15) is 13.2 Å². The summed E-state index contributed by atoms with van der Waals surface area (Å²) >= 11 is 0. The summed E-state index contributed by atoms with van der Waals surface area (Å²) in [6, 6.07) is 8.02. The summed E-state index contributed by atoms with van der Waals surface area (Å²) in [5.74, 6) is -1.22. The highest BCUT2D eigenvalue weighted by Crippen LogP contribution is 2.38. The maximum Gasteiger partial charge on any atom is 0.200 e. The van der Waals surface area contributed by atoms with E-state index in [1.54, 1.807) is 37.3 Å². The fourth-order valence-corrected chi connectivity index (χ4v) is 3.90. The average molecular weight is 404 g/mol. The van der Waals surface area contributed by atoms with E-state index in [1.807, 2.05) is 6.92 Å². The van der Waals surface area contributed by atoms with Crippen molar-refractivity contribution in [3.8, 4) is 11.5 Å². The normalized spacial score (nSPS) is 19.5. The van der Waals surface area contributed by atoms with Crippen LogP contribution in [0.3, 0.4) is 0 Å². The lowest BCUT2D eigenvalue weighted by atomic mass is 9.79. The zero-order chi connectivity index (χ0) is 20.8. The Labute approximate surface area is 170 Å². The van der Waals surface area contributed by atoms with E-state index in [4.69, 9.17) is 9.47 Å². The van der Waals surface area contributed by atoms with Gasteiger partial charge in [0.15, 0.2) is 11.6 Å². The van der Waals surface area contributed by atoms with Crippen LogP contribution in [0.15, 0.2) is 36.4 Å². The second-order valence-electron chi connectivity index (χ2n) is 7.43. The molecule has 2 aromatic carbocycles. The van der Waals surface area contributed by atoms with Crippen molar-refractivity contribution < 1.29 is 22.6 Å². The molecule has 0 aromatic heterocycles. The Hall–Kier alpha value is -2.43. The number of halogens is 3. The third kappa shape index (κ3) is 5.14. The summed E-state index contributed by atoms with van der Waals surface area (Å²) in [5, 5.41) is 0. The molecule has 0 heterocycles. The Bertz CT molecular complexity index is 855. The van der Waals surface area contributed by atoms with Crippen LogP contribution in [0.1, 0.15) is 56.6 Å².